The average Bonchev–Trinajstić information content (AvgIpc) is 3.16. The highest BCUT2D eigenvalue weighted by molar-refractivity contribution is 5.70. The molecule has 0 aromatic carbocycles. The van der Waals surface area contributed by atoms with E-state index >= 15 is 0 Å². The molecule has 15 heteroatoms. The van der Waals surface area contributed by atoms with E-state index in [9.17, 15) is 45.3 Å². The zero-order chi connectivity index (χ0) is 39.7. The molecule has 7 N–H and O–H groups in total. The van der Waals surface area contributed by atoms with Crippen LogP contribution in [0.1, 0.15) is 142 Å². The van der Waals surface area contributed by atoms with Crippen LogP contribution in [0.5, 0.6) is 0 Å². The Morgan fingerprint density at radius 3 is 1.44 bits per heavy atom. The first-order chi connectivity index (χ1) is 26.0. The molecule has 0 spiro atoms. The van der Waals surface area contributed by atoms with Crippen molar-refractivity contribution in [2.45, 2.75) is 210 Å². The standard InChI is InChI=1S/C39H72O15/c1-3-5-7-9-11-12-13-14-16-18-20-22-31(42)52-27(24-49-30(41)21-19-17-15-10-8-6-4-2)25-50-38-37(48)35(46)33(44)29(54-38)26-51-39-36(47)34(45)32(43)28(23-40)53-39/h27-29,32-40,43-48H,3-26H2,1-2H3. The SMILES string of the molecule is CCCCCCCCCCCCCC(=O)OC(COC(=O)CCCCCCCCC)COC1OC(COC2OC(CO)C(O)C(O)C2O)C(O)C(O)C1O. The van der Waals surface area contributed by atoms with Crippen LogP contribution >= 0.6 is 0 Å². The third-order valence-corrected chi connectivity index (χ3v) is 10.1. The highest BCUT2D eigenvalue weighted by Gasteiger charge is 2.47. The van der Waals surface area contributed by atoms with Gasteiger partial charge in [-0.3, -0.25) is 9.59 Å². The number of ether oxygens (including phenoxy) is 6. The van der Waals surface area contributed by atoms with E-state index in [0.717, 1.165) is 44.9 Å². The van der Waals surface area contributed by atoms with Crippen LogP contribution in [0.2, 0.25) is 0 Å². The van der Waals surface area contributed by atoms with Gasteiger partial charge in [0.05, 0.1) is 19.8 Å². The number of rotatable bonds is 30. The summed E-state index contributed by atoms with van der Waals surface area (Å²) in [5.74, 6) is -0.929. The topological polar surface area (TPSA) is 231 Å². The third-order valence-electron chi connectivity index (χ3n) is 10.1. The van der Waals surface area contributed by atoms with Crippen LogP contribution in [0.15, 0.2) is 0 Å². The van der Waals surface area contributed by atoms with Crippen molar-refractivity contribution in [2.75, 3.05) is 26.4 Å². The Labute approximate surface area is 321 Å². The van der Waals surface area contributed by atoms with Gasteiger partial charge < -0.3 is 64.2 Å². The van der Waals surface area contributed by atoms with Gasteiger partial charge in [-0.15, -0.1) is 0 Å². The second-order valence-corrected chi connectivity index (χ2v) is 14.8. The molecule has 0 aliphatic carbocycles. The van der Waals surface area contributed by atoms with Gasteiger partial charge in [0.2, 0.25) is 0 Å². The van der Waals surface area contributed by atoms with E-state index in [4.69, 9.17) is 28.4 Å². The molecule has 2 rings (SSSR count). The number of carbonyl (C=O) groups is 2. The predicted molar refractivity (Wildman–Crippen MR) is 197 cm³/mol. The summed E-state index contributed by atoms with van der Waals surface area (Å²) in [7, 11) is 0. The second kappa shape index (κ2) is 28.8. The van der Waals surface area contributed by atoms with E-state index in [-0.39, 0.29) is 26.1 Å². The summed E-state index contributed by atoms with van der Waals surface area (Å²) in [5.41, 5.74) is 0. The molecule has 318 valence electrons. The largest absolute Gasteiger partial charge is 0.462 e. The van der Waals surface area contributed by atoms with Gasteiger partial charge >= 0.3 is 11.9 Å². The molecule has 11 unspecified atom stereocenters. The quantitative estimate of drug-likeness (QED) is 0.0411. The van der Waals surface area contributed by atoms with Crippen LogP contribution in [-0.2, 0) is 38.0 Å². The molecule has 2 aliphatic heterocycles. The summed E-state index contributed by atoms with van der Waals surface area (Å²) < 4.78 is 33.3. The molecular weight excluding hydrogens is 708 g/mol. The van der Waals surface area contributed by atoms with Crippen LogP contribution in [0.4, 0.5) is 0 Å². The molecular formula is C39H72O15. The number of aliphatic hydroxyl groups excluding tert-OH is 7. The van der Waals surface area contributed by atoms with Crippen molar-refractivity contribution in [2.24, 2.45) is 0 Å². The molecule has 0 amide bonds. The summed E-state index contributed by atoms with van der Waals surface area (Å²) in [6.45, 7) is 2.50. The lowest BCUT2D eigenvalue weighted by Crippen LogP contribution is -2.61. The van der Waals surface area contributed by atoms with E-state index in [1.807, 2.05) is 0 Å². The Balaban J connectivity index is 1.89. The number of hydrogen-bond acceptors (Lipinski definition) is 15. The maximum Gasteiger partial charge on any atom is 0.306 e. The summed E-state index contributed by atoms with van der Waals surface area (Å²) in [6, 6.07) is 0. The number of aliphatic hydroxyl groups is 7. The summed E-state index contributed by atoms with van der Waals surface area (Å²) in [4.78, 5) is 25.3. The van der Waals surface area contributed by atoms with Crippen LogP contribution < -0.4 is 0 Å². The monoisotopic (exact) mass is 780 g/mol. The van der Waals surface area contributed by atoms with E-state index < -0.39 is 92.7 Å². The smallest absolute Gasteiger partial charge is 0.306 e. The fourth-order valence-electron chi connectivity index (χ4n) is 6.57. The minimum atomic E-state index is -1.76. The summed E-state index contributed by atoms with van der Waals surface area (Å²) in [5, 5.41) is 71.5. The first-order valence-corrected chi connectivity index (χ1v) is 20.6. The molecule has 0 bridgehead atoms. The van der Waals surface area contributed by atoms with Crippen molar-refractivity contribution in [3.05, 3.63) is 0 Å². The molecule has 2 fully saturated rings. The van der Waals surface area contributed by atoms with Crippen molar-refractivity contribution >= 4 is 11.9 Å². The van der Waals surface area contributed by atoms with Crippen molar-refractivity contribution in [3.63, 3.8) is 0 Å². The highest BCUT2D eigenvalue weighted by Crippen LogP contribution is 2.26. The lowest BCUT2D eigenvalue weighted by Gasteiger charge is -2.42. The van der Waals surface area contributed by atoms with Gasteiger partial charge in [-0.2, -0.15) is 0 Å². The number of carbonyl (C=O) groups excluding carboxylic acids is 2. The van der Waals surface area contributed by atoms with Crippen molar-refractivity contribution in [1.29, 1.82) is 0 Å². The zero-order valence-corrected chi connectivity index (χ0v) is 32.7. The fraction of sp³-hybridized carbons (Fsp3) is 0.949. The molecule has 0 radical (unpaired) electrons. The van der Waals surface area contributed by atoms with Gasteiger partial charge in [0.25, 0.3) is 0 Å². The van der Waals surface area contributed by atoms with Crippen molar-refractivity contribution in [3.8, 4) is 0 Å². The van der Waals surface area contributed by atoms with Crippen LogP contribution in [0.3, 0.4) is 0 Å². The Hall–Kier alpha value is -1.50. The number of esters is 2. The van der Waals surface area contributed by atoms with Crippen LogP contribution in [0.25, 0.3) is 0 Å². The van der Waals surface area contributed by atoms with Crippen molar-refractivity contribution < 1.29 is 73.8 Å². The van der Waals surface area contributed by atoms with Gasteiger partial charge in [0.1, 0.15) is 55.4 Å². The van der Waals surface area contributed by atoms with Gasteiger partial charge in [-0.25, -0.2) is 0 Å². The van der Waals surface area contributed by atoms with E-state index in [1.165, 1.54) is 57.8 Å². The summed E-state index contributed by atoms with van der Waals surface area (Å²) in [6.07, 6.45) is 3.31. The van der Waals surface area contributed by atoms with Gasteiger partial charge in [0.15, 0.2) is 18.7 Å². The normalized spacial score (nSPS) is 29.2. The summed E-state index contributed by atoms with van der Waals surface area (Å²) >= 11 is 0. The minimum absolute atomic E-state index is 0.171. The lowest BCUT2D eigenvalue weighted by atomic mass is 9.98. The number of hydrogen-bond donors (Lipinski definition) is 7. The molecule has 0 aromatic rings. The van der Waals surface area contributed by atoms with Crippen molar-refractivity contribution in [1.82, 2.24) is 0 Å². The average molecular weight is 781 g/mol. The molecule has 54 heavy (non-hydrogen) atoms. The predicted octanol–water partition coefficient (Wildman–Crippen LogP) is 2.92. The van der Waals surface area contributed by atoms with E-state index in [2.05, 4.69) is 13.8 Å². The van der Waals surface area contributed by atoms with Gasteiger partial charge in [-0.1, -0.05) is 117 Å². The van der Waals surface area contributed by atoms with Gasteiger partial charge in [-0.05, 0) is 12.8 Å². The minimum Gasteiger partial charge on any atom is -0.462 e. The first kappa shape index (κ1) is 48.6. The van der Waals surface area contributed by atoms with Gasteiger partial charge in [0, 0.05) is 12.8 Å². The molecule has 2 heterocycles. The van der Waals surface area contributed by atoms with E-state index in [0.29, 0.717) is 12.8 Å². The third kappa shape index (κ3) is 18.6. The second-order valence-electron chi connectivity index (χ2n) is 14.8. The Kier molecular flexibility index (Phi) is 26.0. The molecule has 0 saturated carbocycles. The highest BCUT2D eigenvalue weighted by atomic mass is 16.7. The maximum atomic E-state index is 12.8. The Morgan fingerprint density at radius 2 is 0.944 bits per heavy atom. The van der Waals surface area contributed by atoms with Crippen LogP contribution in [0, 0.1) is 0 Å². The molecule has 11 atom stereocenters. The Bertz CT molecular complexity index is 970. The first-order valence-electron chi connectivity index (χ1n) is 20.6. The molecule has 2 aliphatic rings. The zero-order valence-electron chi connectivity index (χ0n) is 32.7. The van der Waals surface area contributed by atoms with E-state index in [1.54, 1.807) is 0 Å². The molecule has 0 aromatic heterocycles. The fourth-order valence-corrected chi connectivity index (χ4v) is 6.57. The molecule has 2 saturated heterocycles. The molecule has 15 nitrogen and oxygen atoms in total. The number of unbranched alkanes of at least 4 members (excludes halogenated alkanes) is 16. The Morgan fingerprint density at radius 1 is 0.519 bits per heavy atom. The lowest BCUT2D eigenvalue weighted by molar-refractivity contribution is -0.332. The van der Waals surface area contributed by atoms with Crippen LogP contribution in [-0.4, -0.2) is 142 Å². The maximum absolute atomic E-state index is 12.8.